The predicted molar refractivity (Wildman–Crippen MR) is 129 cm³/mol. The van der Waals surface area contributed by atoms with E-state index in [-0.39, 0.29) is 18.1 Å². The van der Waals surface area contributed by atoms with Gasteiger partial charge in [-0.25, -0.2) is 0 Å². The summed E-state index contributed by atoms with van der Waals surface area (Å²) in [4.78, 5) is 40.2. The van der Waals surface area contributed by atoms with Crippen LogP contribution in [0.1, 0.15) is 33.3 Å². The van der Waals surface area contributed by atoms with Crippen LogP contribution in [0, 0.1) is 5.41 Å². The van der Waals surface area contributed by atoms with Crippen LogP contribution in [0.4, 0.5) is 0 Å². The van der Waals surface area contributed by atoms with Crippen molar-refractivity contribution in [1.29, 1.82) is 0 Å². The van der Waals surface area contributed by atoms with Gasteiger partial charge in [0, 0.05) is 0 Å². The Morgan fingerprint density at radius 2 is 1.54 bits per heavy atom. The van der Waals surface area contributed by atoms with E-state index < -0.39 is 17.5 Å². The van der Waals surface area contributed by atoms with E-state index in [0.717, 1.165) is 48.9 Å². The first-order valence-corrected chi connectivity index (χ1v) is 19.9. The Labute approximate surface area is 195 Å². The quantitative estimate of drug-likeness (QED) is 0.344. The Morgan fingerprint density at radius 3 is 2.06 bits per heavy atom. The number of hydrogen-bond acceptors (Lipinski definition) is 3. The fraction of sp³-hybridized carbons (Fsp3) is 0.600. The topological polar surface area (TPSA) is 46.6 Å². The van der Waals surface area contributed by atoms with E-state index >= 15 is 0 Å². The van der Waals surface area contributed by atoms with Crippen LogP contribution < -0.4 is 0 Å². The van der Waals surface area contributed by atoms with Gasteiger partial charge in [-0.1, -0.05) is 0 Å². The average Bonchev–Trinajstić information content (AvgIpc) is 3.73. The third-order valence-corrected chi connectivity index (χ3v) is 62.4. The van der Waals surface area contributed by atoms with Crippen molar-refractivity contribution in [3.63, 3.8) is 0 Å². The molecule has 11 aliphatic heterocycles. The summed E-state index contributed by atoms with van der Waals surface area (Å²) < 4.78 is 6.91. The fourth-order valence-corrected chi connectivity index (χ4v) is 95.1. The summed E-state index contributed by atoms with van der Waals surface area (Å²) in [5, 5.41) is 2.39. The molecule has 0 radical (unpaired) electrons. The molecule has 0 N–H and O–H groups in total. The summed E-state index contributed by atoms with van der Waals surface area (Å²) in [6, 6.07) is 14.9. The molecule has 1 spiro atoms. The van der Waals surface area contributed by atoms with Crippen molar-refractivity contribution in [3.05, 3.63) is 48.0 Å². The Bertz CT molecular complexity index is 1890. The molecule has 0 saturated carbocycles. The Morgan fingerprint density at radius 1 is 0.943 bits per heavy atom. The minimum absolute atomic E-state index is 0.118. The zero-order chi connectivity index (χ0) is 23.4. The molecule has 11 heterocycles. The molecule has 0 aliphatic carbocycles. The summed E-state index contributed by atoms with van der Waals surface area (Å²) in [6.45, 7) is 4.46. The van der Waals surface area contributed by atoms with Crippen LogP contribution in [0.15, 0.2) is 42.5 Å². The number of cyclic esters (lactones) is 1. The maximum absolute atomic E-state index is 14.3. The van der Waals surface area contributed by atoms with Gasteiger partial charge in [0.15, 0.2) is 0 Å². The average molecular weight is 509 g/mol. The number of hydrogen-bond donors (Lipinski definition) is 0. The molecule has 2 aromatic rings. The number of carbonyl (C=O) groups is 2. The Balaban J connectivity index is 1.01. The first-order chi connectivity index (χ1) is 16.4. The van der Waals surface area contributed by atoms with E-state index in [9.17, 15) is 9.59 Å². The van der Waals surface area contributed by atoms with E-state index in [0.29, 0.717) is 10.7 Å². The second-order valence-electron chi connectivity index (χ2n) is 17.6. The van der Waals surface area contributed by atoms with Crippen LogP contribution in [-0.4, -0.2) is 28.5 Å². The second-order valence-corrected chi connectivity index (χ2v) is 41.2. The van der Waals surface area contributed by atoms with Crippen LogP contribution in [0.5, 0.6) is 0 Å². The second kappa shape index (κ2) is 2.24. The molecule has 11 saturated heterocycles. The zero-order valence-electron chi connectivity index (χ0n) is 20.5. The molecule has 0 bridgehead atoms. The van der Waals surface area contributed by atoms with Gasteiger partial charge in [-0.2, -0.15) is 0 Å². The number of nitrogens with zero attached hydrogens (tertiary/aromatic N) is 1. The minimum atomic E-state index is -3.60. The molecule has 0 aromatic heterocycles. The Hall–Kier alpha value is -1.84. The third-order valence-electron chi connectivity index (χ3n) is 19.8. The van der Waals surface area contributed by atoms with Gasteiger partial charge in [0.05, 0.1) is 0 Å². The van der Waals surface area contributed by atoms with Crippen LogP contribution in [0.25, 0.3) is 10.8 Å². The normalized spacial score (nSPS) is 73.0. The van der Waals surface area contributed by atoms with Crippen molar-refractivity contribution < 1.29 is 20.8 Å². The van der Waals surface area contributed by atoms with Gasteiger partial charge in [-0.3, -0.25) is 0 Å². The standard InChI is InChI=1S/C25H26NO3.C5H5.Fe/c1-24(2,3)22(27)26-21(19-10-6-7-11-19)29-23(28)25(26,4)16-17-13-14-18-9-5-8-12-20(18)15-17;1-2-4-5-3-1;/h5-15,21H,16H2,1-4H3;1-5H;/t21-,25+;;/m0../s1. The van der Waals surface area contributed by atoms with Crippen molar-refractivity contribution in [2.45, 2.75) is 93.5 Å². The number of ether oxygens (including phenoxy) is 1. The molecule has 182 valence electrons. The number of carbonyl (C=O) groups excluding carboxylic acids is 2. The first-order valence-electron chi connectivity index (χ1n) is 13.6. The molecule has 4 nitrogen and oxygen atoms in total. The molecular weight excluding hydrogens is 478 g/mol. The summed E-state index contributed by atoms with van der Waals surface area (Å²) in [5.74, 6) is -0.0307. The van der Waals surface area contributed by atoms with Gasteiger partial charge in [0.2, 0.25) is 0 Å². The molecule has 2 aromatic carbocycles. The van der Waals surface area contributed by atoms with E-state index in [1.54, 1.807) is 0 Å². The molecule has 4 unspecified atom stereocenters. The molecular formula is C30H31FeNO3. The number of benzene rings is 2. The molecule has 6 atom stereocenters. The number of amides is 1. The monoisotopic (exact) mass is 509 g/mol. The SMILES string of the molecule is CC(C)(C)C(=O)N1[C@H]([C]23[CH]4[CH]5[CH]6[CH]2[Fe]56432789[CH]3[CH]2[CH]7[CH]8[CH]39)OC(=O)[C@@]1(C)Cc1ccc2ccccc2c1. The van der Waals surface area contributed by atoms with Crippen LogP contribution in [-0.2, 0) is 27.3 Å². The number of fused-ring (bicyclic) bond motifs is 11. The van der Waals surface area contributed by atoms with Gasteiger partial charge in [-0.15, -0.1) is 0 Å². The maximum atomic E-state index is 14.3. The van der Waals surface area contributed by atoms with E-state index in [2.05, 4.69) is 47.4 Å². The van der Waals surface area contributed by atoms with Crippen molar-refractivity contribution in [2.75, 3.05) is 0 Å². The summed E-state index contributed by atoms with van der Waals surface area (Å²) in [7, 11) is 0. The van der Waals surface area contributed by atoms with Crippen molar-refractivity contribution >= 4 is 22.6 Å². The third kappa shape index (κ3) is 0.395. The van der Waals surface area contributed by atoms with Crippen LogP contribution >= 0.6 is 0 Å². The molecule has 5 heteroatoms. The summed E-state index contributed by atoms with van der Waals surface area (Å²) >= 11 is 0. The zero-order valence-corrected chi connectivity index (χ0v) is 21.7. The van der Waals surface area contributed by atoms with Crippen LogP contribution in [0.2, 0.25) is 47.7 Å². The fourth-order valence-electron chi connectivity index (χ4n) is 20.6. The van der Waals surface area contributed by atoms with Crippen LogP contribution in [0.3, 0.4) is 0 Å². The Kier molecular flexibility index (Phi) is 1.07. The predicted octanol–water partition coefficient (Wildman–Crippen LogP) is 6.66. The molecule has 11 aliphatic rings. The van der Waals surface area contributed by atoms with Gasteiger partial charge in [0.1, 0.15) is 0 Å². The molecule has 13 rings (SSSR count). The molecule has 1 amide bonds. The van der Waals surface area contributed by atoms with Gasteiger partial charge >= 0.3 is 195 Å². The first kappa shape index (κ1) is 16.8. The summed E-state index contributed by atoms with van der Waals surface area (Å²) in [6.07, 6.45) is 0.281. The van der Waals surface area contributed by atoms with E-state index in [1.807, 2.05) is 27.7 Å². The summed E-state index contributed by atoms with van der Waals surface area (Å²) in [5.41, 5.74) is -0.357. The number of rotatable bonds is 3. The van der Waals surface area contributed by atoms with Crippen molar-refractivity contribution in [3.8, 4) is 0 Å². The van der Waals surface area contributed by atoms with E-state index in [4.69, 9.17) is 4.74 Å². The number of esters is 1. The molecule has 35 heavy (non-hydrogen) atoms. The van der Waals surface area contributed by atoms with E-state index in [1.165, 1.54) is 10.8 Å². The van der Waals surface area contributed by atoms with Gasteiger partial charge in [-0.05, 0) is 0 Å². The van der Waals surface area contributed by atoms with Gasteiger partial charge < -0.3 is 0 Å². The van der Waals surface area contributed by atoms with Gasteiger partial charge in [0.25, 0.3) is 0 Å². The molecule has 11 fully saturated rings. The van der Waals surface area contributed by atoms with Crippen molar-refractivity contribution in [2.24, 2.45) is 5.41 Å². The van der Waals surface area contributed by atoms with Crippen molar-refractivity contribution in [1.82, 2.24) is 4.90 Å².